The van der Waals surface area contributed by atoms with Gasteiger partial charge >= 0.3 is 6.01 Å². The summed E-state index contributed by atoms with van der Waals surface area (Å²) in [5.41, 5.74) is 2.03. The minimum atomic E-state index is 0.383. The molecule has 21 heavy (non-hydrogen) atoms. The molecule has 1 aromatic heterocycles. The molecule has 0 saturated heterocycles. The van der Waals surface area contributed by atoms with E-state index in [1.54, 1.807) is 11.0 Å². The Morgan fingerprint density at radius 3 is 2.43 bits per heavy atom. The summed E-state index contributed by atoms with van der Waals surface area (Å²) in [6, 6.07) is 20.2. The van der Waals surface area contributed by atoms with Crippen LogP contribution >= 0.6 is 0 Å². The minimum Gasteiger partial charge on any atom is -0.461 e. The summed E-state index contributed by atoms with van der Waals surface area (Å²) in [7, 11) is 0. The monoisotopic (exact) mass is 280 g/mol. The summed E-state index contributed by atoms with van der Waals surface area (Å²) in [4.78, 5) is 4.14. The molecular formula is C16H16N4O. The molecule has 3 rings (SSSR count). The van der Waals surface area contributed by atoms with Crippen LogP contribution in [0.15, 0.2) is 67.0 Å². The maximum absolute atomic E-state index is 5.52. The summed E-state index contributed by atoms with van der Waals surface area (Å²) in [5, 5.41) is 7.55. The first-order valence-corrected chi connectivity index (χ1v) is 6.80. The number of aromatic nitrogens is 3. The van der Waals surface area contributed by atoms with Crippen LogP contribution < -0.4 is 10.1 Å². The van der Waals surface area contributed by atoms with Crippen LogP contribution in [0.25, 0.3) is 5.69 Å². The van der Waals surface area contributed by atoms with Crippen LogP contribution in [0, 0.1) is 0 Å². The van der Waals surface area contributed by atoms with E-state index in [-0.39, 0.29) is 0 Å². The molecule has 0 saturated carbocycles. The van der Waals surface area contributed by atoms with Gasteiger partial charge in [0.15, 0.2) is 0 Å². The number of ether oxygens (including phenoxy) is 1. The molecule has 0 aliphatic heterocycles. The van der Waals surface area contributed by atoms with Crippen molar-refractivity contribution in [1.29, 1.82) is 0 Å². The molecule has 5 heteroatoms. The molecule has 0 amide bonds. The molecule has 0 unspecified atom stereocenters. The lowest BCUT2D eigenvalue weighted by atomic mass is 10.3. The second-order valence-electron chi connectivity index (χ2n) is 4.45. The van der Waals surface area contributed by atoms with Crippen LogP contribution in [0.5, 0.6) is 6.01 Å². The molecule has 106 valence electrons. The first-order valence-electron chi connectivity index (χ1n) is 6.80. The molecule has 0 radical (unpaired) electrons. The Hall–Kier alpha value is -2.82. The smallest absolute Gasteiger partial charge is 0.335 e. The Morgan fingerprint density at radius 1 is 0.952 bits per heavy atom. The lowest BCUT2D eigenvalue weighted by molar-refractivity contribution is 0.306. The van der Waals surface area contributed by atoms with Crippen LogP contribution in [0.1, 0.15) is 0 Å². The Bertz CT molecular complexity index is 667. The van der Waals surface area contributed by atoms with Crippen molar-refractivity contribution in [1.82, 2.24) is 14.8 Å². The summed E-state index contributed by atoms with van der Waals surface area (Å²) in [6.45, 7) is 1.21. The molecule has 1 N–H and O–H groups in total. The van der Waals surface area contributed by atoms with Crippen molar-refractivity contribution >= 4 is 5.69 Å². The van der Waals surface area contributed by atoms with Crippen molar-refractivity contribution in [3.63, 3.8) is 0 Å². The largest absolute Gasteiger partial charge is 0.461 e. The highest BCUT2D eigenvalue weighted by Crippen LogP contribution is 2.08. The Morgan fingerprint density at radius 2 is 1.67 bits per heavy atom. The van der Waals surface area contributed by atoms with Gasteiger partial charge < -0.3 is 10.1 Å². The first kappa shape index (κ1) is 13.2. The molecule has 0 fully saturated rings. The van der Waals surface area contributed by atoms with Crippen molar-refractivity contribution < 1.29 is 4.74 Å². The predicted molar refractivity (Wildman–Crippen MR) is 81.8 cm³/mol. The molecule has 0 aliphatic carbocycles. The van der Waals surface area contributed by atoms with Crippen LogP contribution in [0.4, 0.5) is 5.69 Å². The average molecular weight is 280 g/mol. The van der Waals surface area contributed by atoms with Gasteiger partial charge in [-0.2, -0.15) is 4.98 Å². The fraction of sp³-hybridized carbons (Fsp3) is 0.125. The van der Waals surface area contributed by atoms with Gasteiger partial charge in [-0.25, -0.2) is 4.68 Å². The average Bonchev–Trinajstić information content (AvgIpc) is 3.02. The van der Waals surface area contributed by atoms with Crippen molar-refractivity contribution in [3.8, 4) is 11.7 Å². The molecule has 2 aromatic carbocycles. The lowest BCUT2D eigenvalue weighted by Crippen LogP contribution is -2.12. The molecule has 0 atom stereocenters. The molecule has 0 aliphatic rings. The number of nitrogens with zero attached hydrogens (tertiary/aromatic N) is 3. The number of para-hydroxylation sites is 2. The third kappa shape index (κ3) is 3.60. The van der Waals surface area contributed by atoms with Gasteiger partial charge in [-0.05, 0) is 24.3 Å². The third-order valence-corrected chi connectivity index (χ3v) is 2.93. The minimum absolute atomic E-state index is 0.383. The van der Waals surface area contributed by atoms with E-state index in [9.17, 15) is 0 Å². The van der Waals surface area contributed by atoms with Gasteiger partial charge in [0.1, 0.15) is 12.9 Å². The van der Waals surface area contributed by atoms with E-state index >= 15 is 0 Å². The predicted octanol–water partition coefficient (Wildman–Crippen LogP) is 2.76. The number of nitrogens with one attached hydrogen (secondary N) is 1. The van der Waals surface area contributed by atoms with Crippen molar-refractivity contribution in [2.24, 2.45) is 0 Å². The van der Waals surface area contributed by atoms with E-state index in [0.29, 0.717) is 19.2 Å². The van der Waals surface area contributed by atoms with E-state index in [2.05, 4.69) is 15.4 Å². The van der Waals surface area contributed by atoms with Crippen LogP contribution in [0.3, 0.4) is 0 Å². The van der Waals surface area contributed by atoms with E-state index in [1.807, 2.05) is 60.7 Å². The topological polar surface area (TPSA) is 52.0 Å². The second kappa shape index (κ2) is 6.56. The molecule has 1 heterocycles. The quantitative estimate of drug-likeness (QED) is 0.705. The maximum Gasteiger partial charge on any atom is 0.335 e. The van der Waals surface area contributed by atoms with E-state index in [4.69, 9.17) is 4.74 Å². The zero-order chi connectivity index (χ0) is 14.3. The fourth-order valence-corrected chi connectivity index (χ4v) is 1.91. The summed E-state index contributed by atoms with van der Waals surface area (Å²) in [6.07, 6.45) is 1.65. The van der Waals surface area contributed by atoms with Crippen LogP contribution in [-0.4, -0.2) is 27.9 Å². The molecule has 0 bridgehead atoms. The first-order chi connectivity index (χ1) is 10.4. The molecule has 5 nitrogen and oxygen atoms in total. The van der Waals surface area contributed by atoms with Gasteiger partial charge in [-0.3, -0.25) is 0 Å². The van der Waals surface area contributed by atoms with Gasteiger partial charge in [0, 0.05) is 12.2 Å². The number of anilines is 1. The Labute approximate surface area is 123 Å². The van der Waals surface area contributed by atoms with Gasteiger partial charge in [0.2, 0.25) is 0 Å². The molecular weight excluding hydrogens is 264 g/mol. The van der Waals surface area contributed by atoms with Crippen molar-refractivity contribution in [2.45, 2.75) is 0 Å². The zero-order valence-electron chi connectivity index (χ0n) is 11.5. The molecule has 0 spiro atoms. The van der Waals surface area contributed by atoms with Crippen LogP contribution in [-0.2, 0) is 0 Å². The number of rotatable bonds is 6. The van der Waals surface area contributed by atoms with Crippen LogP contribution in [0.2, 0.25) is 0 Å². The van der Waals surface area contributed by atoms with E-state index in [1.165, 1.54) is 0 Å². The Kier molecular flexibility index (Phi) is 4.12. The van der Waals surface area contributed by atoms with Gasteiger partial charge in [-0.1, -0.05) is 36.4 Å². The zero-order valence-corrected chi connectivity index (χ0v) is 11.5. The number of hydrogen-bond donors (Lipinski definition) is 1. The van der Waals surface area contributed by atoms with Gasteiger partial charge in [0.25, 0.3) is 0 Å². The van der Waals surface area contributed by atoms with E-state index in [0.717, 1.165) is 11.4 Å². The fourth-order valence-electron chi connectivity index (χ4n) is 1.91. The standard InChI is InChI=1S/C16H16N4O/c1-3-7-14(8-4-1)17-11-12-21-16-18-13-20(19-16)15-9-5-2-6-10-15/h1-10,13,17H,11-12H2. The summed E-state index contributed by atoms with van der Waals surface area (Å²) < 4.78 is 7.22. The summed E-state index contributed by atoms with van der Waals surface area (Å²) in [5.74, 6) is 0. The number of hydrogen-bond acceptors (Lipinski definition) is 4. The second-order valence-corrected chi connectivity index (χ2v) is 4.45. The Balaban J connectivity index is 1.49. The van der Waals surface area contributed by atoms with E-state index < -0.39 is 0 Å². The summed E-state index contributed by atoms with van der Waals surface area (Å²) >= 11 is 0. The highest BCUT2D eigenvalue weighted by Gasteiger charge is 2.02. The number of benzene rings is 2. The lowest BCUT2D eigenvalue weighted by Gasteiger charge is -2.05. The van der Waals surface area contributed by atoms with Gasteiger partial charge in [0.05, 0.1) is 5.69 Å². The van der Waals surface area contributed by atoms with Gasteiger partial charge in [-0.15, -0.1) is 5.10 Å². The SMILES string of the molecule is c1ccc(NCCOc2ncn(-c3ccccc3)n2)cc1. The molecule has 3 aromatic rings. The third-order valence-electron chi connectivity index (χ3n) is 2.93. The normalized spacial score (nSPS) is 10.3. The highest BCUT2D eigenvalue weighted by atomic mass is 16.5. The van der Waals surface area contributed by atoms with Crippen molar-refractivity contribution in [3.05, 3.63) is 67.0 Å². The van der Waals surface area contributed by atoms with Crippen molar-refractivity contribution in [2.75, 3.05) is 18.5 Å². The maximum atomic E-state index is 5.52. The highest BCUT2D eigenvalue weighted by molar-refractivity contribution is 5.42.